The molecule has 3 fully saturated rings. The average molecular weight is 439 g/mol. The smallest absolute Gasteiger partial charge is 0.251 e. The number of benzene rings is 2. The first kappa shape index (κ1) is 21.1. The summed E-state index contributed by atoms with van der Waals surface area (Å²) in [6.07, 6.45) is 2.12. The van der Waals surface area contributed by atoms with Crippen LogP contribution in [0.5, 0.6) is 17.2 Å². The largest absolute Gasteiger partial charge is 0.497 e. The second-order valence-electron chi connectivity index (χ2n) is 8.79. The Labute approximate surface area is 188 Å². The van der Waals surface area contributed by atoms with Crippen LogP contribution < -0.4 is 19.5 Å². The molecule has 3 saturated heterocycles. The summed E-state index contributed by atoms with van der Waals surface area (Å²) in [5.74, 6) is 2.62. The number of nitrogens with one attached hydrogen (secondary N) is 1. The first-order valence-corrected chi connectivity index (χ1v) is 11.4. The Hall–Kier alpha value is -2.77. The highest BCUT2D eigenvalue weighted by Gasteiger charge is 2.35. The van der Waals surface area contributed by atoms with Gasteiger partial charge in [0.1, 0.15) is 12.4 Å². The number of carbonyl (C=O) groups excluding carboxylic acids is 1. The highest BCUT2D eigenvalue weighted by molar-refractivity contribution is 5.95. The van der Waals surface area contributed by atoms with E-state index in [0.717, 1.165) is 30.9 Å². The number of hydrogen-bond acceptors (Lipinski definition) is 6. The van der Waals surface area contributed by atoms with Gasteiger partial charge in [0.05, 0.1) is 20.3 Å². The molecule has 0 spiro atoms. The van der Waals surface area contributed by atoms with Crippen molar-refractivity contribution < 1.29 is 23.7 Å². The fourth-order valence-corrected chi connectivity index (χ4v) is 4.75. The molecule has 1 N–H and O–H groups in total. The summed E-state index contributed by atoms with van der Waals surface area (Å²) < 4.78 is 22.9. The number of piperidine rings is 3. The van der Waals surface area contributed by atoms with Crippen LogP contribution in [0.4, 0.5) is 0 Å². The third kappa shape index (κ3) is 4.69. The van der Waals surface area contributed by atoms with Gasteiger partial charge in [0.15, 0.2) is 17.6 Å². The van der Waals surface area contributed by atoms with Crippen LogP contribution in [0.3, 0.4) is 0 Å². The summed E-state index contributed by atoms with van der Waals surface area (Å²) in [5, 5.41) is 3.23. The molecule has 170 valence electrons. The molecule has 32 heavy (non-hydrogen) atoms. The average Bonchev–Trinajstić information content (AvgIpc) is 2.85. The van der Waals surface area contributed by atoms with Gasteiger partial charge in [0, 0.05) is 18.2 Å². The highest BCUT2D eigenvalue weighted by Crippen LogP contribution is 2.33. The Morgan fingerprint density at radius 2 is 1.94 bits per heavy atom. The van der Waals surface area contributed by atoms with E-state index in [1.54, 1.807) is 19.2 Å². The molecule has 2 aromatic rings. The van der Waals surface area contributed by atoms with Crippen molar-refractivity contribution in [3.05, 3.63) is 53.6 Å². The lowest BCUT2D eigenvalue weighted by atomic mass is 9.84. The van der Waals surface area contributed by atoms with E-state index in [2.05, 4.69) is 10.2 Å². The van der Waals surface area contributed by atoms with E-state index in [1.165, 1.54) is 12.8 Å². The second-order valence-corrected chi connectivity index (χ2v) is 8.79. The number of hydrogen-bond donors (Lipinski definition) is 1. The fraction of sp³-hybridized carbons (Fsp3) is 0.480. The van der Waals surface area contributed by atoms with Crippen LogP contribution in [0, 0.1) is 5.92 Å². The molecule has 6 rings (SSSR count). The van der Waals surface area contributed by atoms with Gasteiger partial charge in [0.2, 0.25) is 0 Å². The Kier molecular flexibility index (Phi) is 6.19. The van der Waals surface area contributed by atoms with Crippen LogP contribution in [0.25, 0.3) is 0 Å². The number of nitrogens with zero attached hydrogens (tertiary/aromatic N) is 1. The van der Waals surface area contributed by atoms with Crippen molar-refractivity contribution in [2.24, 2.45) is 5.92 Å². The van der Waals surface area contributed by atoms with Gasteiger partial charge in [-0.3, -0.25) is 4.79 Å². The Bertz CT molecular complexity index is 940. The molecule has 4 aliphatic heterocycles. The van der Waals surface area contributed by atoms with E-state index in [1.807, 2.05) is 30.3 Å². The minimum absolute atomic E-state index is 0.0481. The molecule has 0 aromatic heterocycles. The summed E-state index contributed by atoms with van der Waals surface area (Å²) in [4.78, 5) is 15.3. The van der Waals surface area contributed by atoms with Gasteiger partial charge in [0.25, 0.3) is 5.91 Å². The van der Waals surface area contributed by atoms with E-state index < -0.39 is 0 Å². The van der Waals surface area contributed by atoms with Crippen molar-refractivity contribution in [2.45, 2.75) is 31.6 Å². The summed E-state index contributed by atoms with van der Waals surface area (Å²) in [6, 6.07) is 13.4. The molecule has 1 amide bonds. The molecular formula is C25H30N2O5. The zero-order chi connectivity index (χ0) is 21.9. The lowest BCUT2D eigenvalue weighted by Gasteiger charge is -2.44. The summed E-state index contributed by atoms with van der Waals surface area (Å²) in [6.45, 7) is 4.57. The molecule has 7 heteroatoms. The number of methoxy groups -OCH3 is 1. The van der Waals surface area contributed by atoms with Gasteiger partial charge < -0.3 is 29.2 Å². The first-order chi connectivity index (χ1) is 15.7. The molecular weight excluding hydrogens is 408 g/mol. The molecule has 2 bridgehead atoms. The van der Waals surface area contributed by atoms with Gasteiger partial charge in [-0.1, -0.05) is 12.1 Å². The normalized spacial score (nSPS) is 25.9. The topological polar surface area (TPSA) is 69.3 Å². The van der Waals surface area contributed by atoms with E-state index in [4.69, 9.17) is 18.9 Å². The van der Waals surface area contributed by atoms with E-state index >= 15 is 0 Å². The van der Waals surface area contributed by atoms with Crippen LogP contribution in [-0.2, 0) is 11.3 Å². The molecule has 2 atom stereocenters. The lowest BCUT2D eigenvalue weighted by Crippen LogP contribution is -2.57. The predicted molar refractivity (Wildman–Crippen MR) is 119 cm³/mol. The van der Waals surface area contributed by atoms with Crippen LogP contribution in [0.1, 0.15) is 28.8 Å². The number of rotatable bonds is 7. The molecule has 4 aliphatic rings. The van der Waals surface area contributed by atoms with Crippen LogP contribution >= 0.6 is 0 Å². The van der Waals surface area contributed by atoms with E-state index in [9.17, 15) is 4.79 Å². The lowest BCUT2D eigenvalue weighted by molar-refractivity contribution is 0.00265. The maximum atomic E-state index is 12.9. The van der Waals surface area contributed by atoms with Crippen molar-refractivity contribution in [1.29, 1.82) is 0 Å². The van der Waals surface area contributed by atoms with Gasteiger partial charge >= 0.3 is 0 Å². The molecule has 0 unspecified atom stereocenters. The second kappa shape index (κ2) is 9.38. The summed E-state index contributed by atoms with van der Waals surface area (Å²) >= 11 is 0. The number of ether oxygens (including phenoxy) is 4. The van der Waals surface area contributed by atoms with E-state index in [0.29, 0.717) is 42.8 Å². The minimum Gasteiger partial charge on any atom is -0.497 e. The quantitative estimate of drug-likeness (QED) is 0.717. The standard InChI is InChI=1S/C25H30N2O5/c1-29-20-5-2-17(3-6-20)14-30-15-21-16-31-23-7-4-19(12-24(23)32-21)25(28)26-22-13-27-10-8-18(22)9-11-27/h2-7,12,18,21-22H,8-11,13-16H2,1H3,(H,26,28)/t21-,22+/m1/s1. The third-order valence-electron chi connectivity index (χ3n) is 6.63. The van der Waals surface area contributed by atoms with Gasteiger partial charge in [-0.05, 0) is 67.7 Å². The molecule has 0 radical (unpaired) electrons. The van der Waals surface area contributed by atoms with Crippen molar-refractivity contribution in [3.63, 3.8) is 0 Å². The van der Waals surface area contributed by atoms with Gasteiger partial charge in [-0.2, -0.15) is 0 Å². The highest BCUT2D eigenvalue weighted by atomic mass is 16.6. The van der Waals surface area contributed by atoms with Gasteiger partial charge in [-0.15, -0.1) is 0 Å². The number of fused-ring (bicyclic) bond motifs is 4. The molecule has 2 aromatic carbocycles. The summed E-state index contributed by atoms with van der Waals surface area (Å²) in [7, 11) is 1.65. The third-order valence-corrected chi connectivity index (χ3v) is 6.63. The number of carbonyl (C=O) groups is 1. The maximum Gasteiger partial charge on any atom is 0.251 e. The molecule has 0 saturated carbocycles. The Morgan fingerprint density at radius 3 is 2.66 bits per heavy atom. The number of amides is 1. The summed E-state index contributed by atoms with van der Waals surface area (Å²) in [5.41, 5.74) is 1.67. The Morgan fingerprint density at radius 1 is 1.12 bits per heavy atom. The van der Waals surface area contributed by atoms with Crippen molar-refractivity contribution in [2.75, 3.05) is 40.0 Å². The first-order valence-electron chi connectivity index (χ1n) is 11.4. The van der Waals surface area contributed by atoms with Crippen molar-refractivity contribution >= 4 is 5.91 Å². The molecule has 4 heterocycles. The van der Waals surface area contributed by atoms with E-state index in [-0.39, 0.29) is 18.1 Å². The fourth-order valence-electron chi connectivity index (χ4n) is 4.75. The SMILES string of the molecule is COc1ccc(COC[C@@H]2COc3ccc(C(=O)N[C@H]4CN5CCC4CC5)cc3O2)cc1. The van der Waals surface area contributed by atoms with Crippen LogP contribution in [-0.4, -0.2) is 62.9 Å². The van der Waals surface area contributed by atoms with Gasteiger partial charge in [-0.25, -0.2) is 0 Å². The van der Waals surface area contributed by atoms with Crippen molar-refractivity contribution in [3.8, 4) is 17.2 Å². The zero-order valence-corrected chi connectivity index (χ0v) is 18.4. The van der Waals surface area contributed by atoms with Crippen LogP contribution in [0.15, 0.2) is 42.5 Å². The van der Waals surface area contributed by atoms with Crippen molar-refractivity contribution in [1.82, 2.24) is 10.2 Å². The molecule has 0 aliphatic carbocycles. The predicted octanol–water partition coefficient (Wildman–Crippen LogP) is 2.88. The zero-order valence-electron chi connectivity index (χ0n) is 18.4. The van der Waals surface area contributed by atoms with Crippen LogP contribution in [0.2, 0.25) is 0 Å². The minimum atomic E-state index is -0.221. The maximum absolute atomic E-state index is 12.9. The molecule has 7 nitrogen and oxygen atoms in total. The Balaban J connectivity index is 1.15. The monoisotopic (exact) mass is 438 g/mol.